The number of ether oxygens (including phenoxy) is 1. The lowest BCUT2D eigenvalue weighted by molar-refractivity contribution is 0.156. The standard InChI is InChI=1S/C17H18O3/c18-14-5-1-3-12(9-14)11-20-15-8-7-13-4-2-6-17(19)16(13)10-15/h1,3,5,7-10,17-19H,2,4,6,11H2. The Morgan fingerprint density at radius 3 is 2.90 bits per heavy atom. The van der Waals surface area contributed by atoms with E-state index in [2.05, 4.69) is 0 Å². The van der Waals surface area contributed by atoms with Gasteiger partial charge in [0.15, 0.2) is 0 Å². The summed E-state index contributed by atoms with van der Waals surface area (Å²) in [5, 5.41) is 19.4. The maximum absolute atomic E-state index is 10.0. The molecule has 0 heterocycles. The third kappa shape index (κ3) is 2.78. The smallest absolute Gasteiger partial charge is 0.120 e. The Morgan fingerprint density at radius 1 is 1.15 bits per heavy atom. The zero-order valence-electron chi connectivity index (χ0n) is 11.2. The molecule has 0 bridgehead atoms. The van der Waals surface area contributed by atoms with E-state index in [1.54, 1.807) is 18.2 Å². The Labute approximate surface area is 118 Å². The van der Waals surface area contributed by atoms with Crippen molar-refractivity contribution in [2.24, 2.45) is 0 Å². The van der Waals surface area contributed by atoms with Gasteiger partial charge >= 0.3 is 0 Å². The molecule has 1 atom stereocenters. The average molecular weight is 270 g/mol. The SMILES string of the molecule is Oc1cccc(COc2ccc3c(c2)C(O)CCC3)c1. The van der Waals surface area contributed by atoms with E-state index in [4.69, 9.17) is 4.74 Å². The summed E-state index contributed by atoms with van der Waals surface area (Å²) in [5.74, 6) is 1.00. The summed E-state index contributed by atoms with van der Waals surface area (Å²) in [7, 11) is 0. The number of phenolic OH excluding ortho intramolecular Hbond substituents is 1. The van der Waals surface area contributed by atoms with E-state index in [0.29, 0.717) is 6.61 Å². The molecule has 3 heteroatoms. The van der Waals surface area contributed by atoms with Gasteiger partial charge in [0, 0.05) is 0 Å². The minimum absolute atomic E-state index is 0.243. The van der Waals surface area contributed by atoms with Gasteiger partial charge in [-0.3, -0.25) is 0 Å². The lowest BCUT2D eigenvalue weighted by Gasteiger charge is -2.22. The number of benzene rings is 2. The van der Waals surface area contributed by atoms with Gasteiger partial charge in [-0.1, -0.05) is 18.2 Å². The maximum atomic E-state index is 10.0. The third-order valence-electron chi connectivity index (χ3n) is 3.72. The minimum Gasteiger partial charge on any atom is -0.508 e. The first-order valence-electron chi connectivity index (χ1n) is 6.94. The van der Waals surface area contributed by atoms with Crippen LogP contribution in [0.25, 0.3) is 0 Å². The van der Waals surface area contributed by atoms with E-state index in [1.165, 1.54) is 5.56 Å². The quantitative estimate of drug-likeness (QED) is 0.899. The molecule has 0 aromatic heterocycles. The fraction of sp³-hybridized carbons (Fsp3) is 0.294. The Kier molecular flexibility index (Phi) is 3.61. The predicted molar refractivity (Wildman–Crippen MR) is 76.8 cm³/mol. The van der Waals surface area contributed by atoms with Gasteiger partial charge in [0.25, 0.3) is 0 Å². The second kappa shape index (κ2) is 5.55. The summed E-state index contributed by atoms with van der Waals surface area (Å²) in [5.41, 5.74) is 3.13. The van der Waals surface area contributed by atoms with Crippen LogP contribution in [0.3, 0.4) is 0 Å². The highest BCUT2D eigenvalue weighted by molar-refractivity contribution is 5.38. The minimum atomic E-state index is -0.372. The highest BCUT2D eigenvalue weighted by Gasteiger charge is 2.18. The zero-order chi connectivity index (χ0) is 13.9. The van der Waals surface area contributed by atoms with Gasteiger partial charge in [-0.2, -0.15) is 0 Å². The fourth-order valence-electron chi connectivity index (χ4n) is 2.65. The van der Waals surface area contributed by atoms with Crippen LogP contribution in [0.1, 0.15) is 35.6 Å². The van der Waals surface area contributed by atoms with Crippen LogP contribution in [0.5, 0.6) is 11.5 Å². The lowest BCUT2D eigenvalue weighted by atomic mass is 9.89. The lowest BCUT2D eigenvalue weighted by Crippen LogP contribution is -2.09. The molecule has 1 aliphatic rings. The van der Waals surface area contributed by atoms with Crippen LogP contribution in [-0.4, -0.2) is 10.2 Å². The van der Waals surface area contributed by atoms with Gasteiger partial charge in [0.2, 0.25) is 0 Å². The zero-order valence-corrected chi connectivity index (χ0v) is 11.2. The summed E-state index contributed by atoms with van der Waals surface area (Å²) in [6.45, 7) is 0.406. The van der Waals surface area contributed by atoms with Crippen LogP contribution in [0, 0.1) is 0 Å². The number of phenols is 1. The number of aliphatic hydroxyl groups excluding tert-OH is 1. The Hall–Kier alpha value is -2.00. The monoisotopic (exact) mass is 270 g/mol. The molecule has 1 aliphatic carbocycles. The summed E-state index contributed by atoms with van der Waals surface area (Å²) >= 11 is 0. The van der Waals surface area contributed by atoms with Crippen molar-refractivity contribution in [1.82, 2.24) is 0 Å². The van der Waals surface area contributed by atoms with E-state index in [9.17, 15) is 10.2 Å². The summed E-state index contributed by atoms with van der Waals surface area (Å²) in [6.07, 6.45) is 2.52. The van der Waals surface area contributed by atoms with Crippen LogP contribution in [0.4, 0.5) is 0 Å². The van der Waals surface area contributed by atoms with Gasteiger partial charge in [0.1, 0.15) is 18.1 Å². The van der Waals surface area contributed by atoms with Gasteiger partial charge in [-0.15, -0.1) is 0 Å². The van der Waals surface area contributed by atoms with Gasteiger partial charge in [-0.05, 0) is 60.2 Å². The Morgan fingerprint density at radius 2 is 2.05 bits per heavy atom. The number of hydrogen-bond acceptors (Lipinski definition) is 3. The van der Waals surface area contributed by atoms with E-state index in [1.807, 2.05) is 24.3 Å². The highest BCUT2D eigenvalue weighted by atomic mass is 16.5. The van der Waals surface area contributed by atoms with E-state index in [0.717, 1.165) is 36.1 Å². The van der Waals surface area contributed by atoms with Crippen LogP contribution in [-0.2, 0) is 13.0 Å². The van der Waals surface area contributed by atoms with Gasteiger partial charge in [0.05, 0.1) is 6.10 Å². The number of aliphatic hydroxyl groups is 1. The first-order chi connectivity index (χ1) is 9.72. The molecule has 0 saturated carbocycles. The summed E-state index contributed by atoms with van der Waals surface area (Å²) in [6, 6.07) is 12.9. The third-order valence-corrected chi connectivity index (χ3v) is 3.72. The van der Waals surface area contributed by atoms with Crippen molar-refractivity contribution in [2.75, 3.05) is 0 Å². The number of fused-ring (bicyclic) bond motifs is 1. The molecule has 0 fully saturated rings. The second-order valence-electron chi connectivity index (χ2n) is 5.23. The number of hydrogen-bond donors (Lipinski definition) is 2. The molecule has 104 valence electrons. The molecule has 3 rings (SSSR count). The predicted octanol–water partition coefficient (Wildman–Crippen LogP) is 3.34. The molecular weight excluding hydrogens is 252 g/mol. The van der Waals surface area contributed by atoms with E-state index in [-0.39, 0.29) is 11.9 Å². The Bertz CT molecular complexity index is 607. The van der Waals surface area contributed by atoms with Gasteiger partial charge < -0.3 is 14.9 Å². The first-order valence-corrected chi connectivity index (χ1v) is 6.94. The first kappa shape index (κ1) is 13.0. The molecule has 0 radical (unpaired) electrons. The average Bonchev–Trinajstić information content (AvgIpc) is 2.46. The van der Waals surface area contributed by atoms with Crippen molar-refractivity contribution in [3.63, 3.8) is 0 Å². The van der Waals surface area contributed by atoms with Crippen molar-refractivity contribution in [3.8, 4) is 11.5 Å². The van der Waals surface area contributed by atoms with Crippen molar-refractivity contribution in [2.45, 2.75) is 32.0 Å². The largest absolute Gasteiger partial charge is 0.508 e. The molecule has 2 N–H and O–H groups in total. The fourth-order valence-corrected chi connectivity index (χ4v) is 2.65. The molecule has 0 aliphatic heterocycles. The second-order valence-corrected chi connectivity index (χ2v) is 5.23. The van der Waals surface area contributed by atoms with Crippen LogP contribution in [0.2, 0.25) is 0 Å². The molecule has 0 amide bonds. The van der Waals surface area contributed by atoms with E-state index >= 15 is 0 Å². The molecule has 2 aromatic carbocycles. The highest BCUT2D eigenvalue weighted by Crippen LogP contribution is 2.32. The molecular formula is C17H18O3. The van der Waals surface area contributed by atoms with Crippen LogP contribution in [0.15, 0.2) is 42.5 Å². The molecule has 3 nitrogen and oxygen atoms in total. The normalized spacial score (nSPS) is 17.6. The van der Waals surface area contributed by atoms with Crippen molar-refractivity contribution in [1.29, 1.82) is 0 Å². The number of aromatic hydroxyl groups is 1. The number of aryl methyl sites for hydroxylation is 1. The molecule has 0 spiro atoms. The maximum Gasteiger partial charge on any atom is 0.120 e. The number of rotatable bonds is 3. The molecule has 2 aromatic rings. The summed E-state index contributed by atoms with van der Waals surface area (Å²) in [4.78, 5) is 0. The van der Waals surface area contributed by atoms with Crippen LogP contribution < -0.4 is 4.74 Å². The van der Waals surface area contributed by atoms with Crippen molar-refractivity contribution in [3.05, 3.63) is 59.2 Å². The van der Waals surface area contributed by atoms with Gasteiger partial charge in [-0.25, -0.2) is 0 Å². The van der Waals surface area contributed by atoms with Crippen molar-refractivity contribution >= 4 is 0 Å². The molecule has 1 unspecified atom stereocenters. The summed E-state index contributed by atoms with van der Waals surface area (Å²) < 4.78 is 5.74. The van der Waals surface area contributed by atoms with Crippen molar-refractivity contribution < 1.29 is 14.9 Å². The molecule has 0 saturated heterocycles. The van der Waals surface area contributed by atoms with Crippen LogP contribution >= 0.6 is 0 Å². The Balaban J connectivity index is 1.73. The topological polar surface area (TPSA) is 49.7 Å². The van der Waals surface area contributed by atoms with E-state index < -0.39 is 0 Å². The molecule has 20 heavy (non-hydrogen) atoms.